The van der Waals surface area contributed by atoms with Crippen LogP contribution in [0.25, 0.3) is 6.08 Å². The lowest BCUT2D eigenvalue weighted by Crippen LogP contribution is -2.23. The molecule has 1 heterocycles. The first-order valence-electron chi connectivity index (χ1n) is 10.7. The van der Waals surface area contributed by atoms with Gasteiger partial charge in [0.2, 0.25) is 0 Å². The number of thioether (sulfide) groups is 1. The van der Waals surface area contributed by atoms with Crippen LogP contribution in [0, 0.1) is 0 Å². The number of carboxylic acids is 1. The monoisotopic (exact) mass is 408 g/mol. The number of carboxylic acid groups (broad SMARTS) is 1. The third kappa shape index (κ3) is 5.54. The minimum absolute atomic E-state index is 0.237. The molecule has 0 fully saturated rings. The van der Waals surface area contributed by atoms with Gasteiger partial charge in [-0.2, -0.15) is 0 Å². The molecule has 1 aliphatic rings. The van der Waals surface area contributed by atoms with Crippen LogP contribution >= 0.6 is 11.8 Å². The third-order valence-corrected chi connectivity index (χ3v) is 7.02. The number of allylic oxidation sites excluding steroid dienone is 1. The summed E-state index contributed by atoms with van der Waals surface area (Å²) in [7, 11) is 0. The van der Waals surface area contributed by atoms with Gasteiger partial charge in [-0.05, 0) is 58.9 Å². The Labute approximate surface area is 179 Å². The van der Waals surface area contributed by atoms with Gasteiger partial charge in [-0.1, -0.05) is 76.5 Å². The third-order valence-electron chi connectivity index (χ3n) is 5.94. The Balaban J connectivity index is 1.86. The van der Waals surface area contributed by atoms with Crippen molar-refractivity contribution in [2.24, 2.45) is 0 Å². The number of rotatable bonds is 8. The van der Waals surface area contributed by atoms with Crippen LogP contribution in [0.5, 0.6) is 0 Å². The van der Waals surface area contributed by atoms with Crippen molar-refractivity contribution in [3.63, 3.8) is 0 Å². The first kappa shape index (κ1) is 21.7. The van der Waals surface area contributed by atoms with E-state index < -0.39 is 5.97 Å². The molecule has 1 aliphatic heterocycles. The second-order valence-corrected chi connectivity index (χ2v) is 9.76. The Kier molecular flexibility index (Phi) is 7.23. The Bertz CT molecular complexity index is 865. The zero-order valence-corrected chi connectivity index (χ0v) is 18.6. The maximum atomic E-state index is 11.1. The summed E-state index contributed by atoms with van der Waals surface area (Å²) in [6.45, 7) is 6.97. The Morgan fingerprint density at radius 1 is 1.17 bits per heavy atom. The van der Waals surface area contributed by atoms with Gasteiger partial charge in [0.05, 0.1) is 5.56 Å². The molecule has 1 atom stereocenters. The topological polar surface area (TPSA) is 37.3 Å². The van der Waals surface area contributed by atoms with Gasteiger partial charge in [-0.15, -0.1) is 11.8 Å². The number of benzene rings is 2. The first-order valence-corrected chi connectivity index (χ1v) is 11.7. The standard InChI is InChI=1S/C26H32O2S/c1-4-5-6-7-20(11-8-19-9-12-21(13-10-19)25(27)28)22-14-15-24-23(18-22)26(2,3)16-17-29-24/h8-15,18,20H,4-7,16-17H2,1-3H3,(H,27,28). The van der Waals surface area contributed by atoms with E-state index in [1.54, 1.807) is 12.1 Å². The van der Waals surface area contributed by atoms with Crippen molar-refractivity contribution in [3.8, 4) is 0 Å². The summed E-state index contributed by atoms with van der Waals surface area (Å²) in [6.07, 6.45) is 10.5. The molecule has 0 aromatic heterocycles. The fraction of sp³-hybridized carbons (Fsp3) is 0.423. The zero-order valence-electron chi connectivity index (χ0n) is 17.8. The minimum atomic E-state index is -0.882. The number of fused-ring (bicyclic) bond motifs is 1. The number of unbranched alkanes of at least 4 members (excludes halogenated alkanes) is 2. The quantitative estimate of drug-likeness (QED) is 0.458. The summed E-state index contributed by atoms with van der Waals surface area (Å²) in [5.41, 5.74) is 4.50. The molecule has 0 bridgehead atoms. The average Bonchev–Trinajstić information content (AvgIpc) is 2.70. The van der Waals surface area contributed by atoms with Crippen LogP contribution in [-0.2, 0) is 5.41 Å². The summed E-state index contributed by atoms with van der Waals surface area (Å²) in [5.74, 6) is 0.701. The highest BCUT2D eigenvalue weighted by molar-refractivity contribution is 7.99. The summed E-state index contributed by atoms with van der Waals surface area (Å²) in [6, 6.07) is 14.2. The Hall–Kier alpha value is -2.00. The van der Waals surface area contributed by atoms with Gasteiger partial charge in [0.25, 0.3) is 0 Å². The van der Waals surface area contributed by atoms with Gasteiger partial charge in [0.15, 0.2) is 0 Å². The Morgan fingerprint density at radius 3 is 2.62 bits per heavy atom. The molecule has 0 saturated carbocycles. The summed E-state index contributed by atoms with van der Waals surface area (Å²) in [4.78, 5) is 12.5. The lowest BCUT2D eigenvalue weighted by atomic mass is 9.79. The second kappa shape index (κ2) is 9.67. The maximum Gasteiger partial charge on any atom is 0.335 e. The smallest absolute Gasteiger partial charge is 0.335 e. The molecular weight excluding hydrogens is 376 g/mol. The molecule has 1 N–H and O–H groups in total. The number of aromatic carboxylic acids is 1. The fourth-order valence-electron chi connectivity index (χ4n) is 3.94. The second-order valence-electron chi connectivity index (χ2n) is 8.63. The van der Waals surface area contributed by atoms with E-state index in [0.29, 0.717) is 11.5 Å². The number of hydrogen-bond acceptors (Lipinski definition) is 2. The highest BCUT2D eigenvalue weighted by Gasteiger charge is 2.28. The van der Waals surface area contributed by atoms with Crippen molar-refractivity contribution < 1.29 is 9.90 Å². The summed E-state index contributed by atoms with van der Waals surface area (Å²) >= 11 is 1.98. The van der Waals surface area contributed by atoms with Crippen LogP contribution in [-0.4, -0.2) is 16.8 Å². The molecular formula is C26H32O2S. The van der Waals surface area contributed by atoms with Crippen molar-refractivity contribution in [3.05, 3.63) is 70.8 Å². The average molecular weight is 409 g/mol. The van der Waals surface area contributed by atoms with Crippen molar-refractivity contribution in [2.45, 2.75) is 69.1 Å². The van der Waals surface area contributed by atoms with Crippen LogP contribution in [0.1, 0.15) is 85.8 Å². The van der Waals surface area contributed by atoms with E-state index in [2.05, 4.69) is 51.1 Å². The van der Waals surface area contributed by atoms with E-state index in [1.165, 1.54) is 47.5 Å². The van der Waals surface area contributed by atoms with Crippen molar-refractivity contribution in [2.75, 3.05) is 5.75 Å². The van der Waals surface area contributed by atoms with Gasteiger partial charge in [0.1, 0.15) is 0 Å². The maximum absolute atomic E-state index is 11.1. The molecule has 0 radical (unpaired) electrons. The van der Waals surface area contributed by atoms with Crippen LogP contribution in [0.2, 0.25) is 0 Å². The molecule has 0 saturated heterocycles. The van der Waals surface area contributed by atoms with E-state index in [4.69, 9.17) is 5.11 Å². The molecule has 2 aromatic rings. The molecule has 29 heavy (non-hydrogen) atoms. The molecule has 0 aliphatic carbocycles. The van der Waals surface area contributed by atoms with E-state index in [1.807, 2.05) is 23.9 Å². The van der Waals surface area contributed by atoms with Gasteiger partial charge in [0, 0.05) is 10.8 Å². The van der Waals surface area contributed by atoms with Gasteiger partial charge in [-0.3, -0.25) is 0 Å². The number of hydrogen-bond donors (Lipinski definition) is 1. The lowest BCUT2D eigenvalue weighted by molar-refractivity contribution is 0.0697. The predicted octanol–water partition coefficient (Wildman–Crippen LogP) is 7.54. The summed E-state index contributed by atoms with van der Waals surface area (Å²) in [5, 5.41) is 9.08. The predicted molar refractivity (Wildman–Crippen MR) is 124 cm³/mol. The fourth-order valence-corrected chi connectivity index (χ4v) is 5.42. The lowest BCUT2D eigenvalue weighted by Gasteiger charge is -2.33. The molecule has 2 nitrogen and oxygen atoms in total. The molecule has 3 heteroatoms. The van der Waals surface area contributed by atoms with Crippen LogP contribution < -0.4 is 0 Å². The normalized spacial score (nSPS) is 16.5. The van der Waals surface area contributed by atoms with E-state index in [9.17, 15) is 4.79 Å². The van der Waals surface area contributed by atoms with Crippen LogP contribution in [0.15, 0.2) is 53.4 Å². The van der Waals surface area contributed by atoms with Crippen LogP contribution in [0.4, 0.5) is 0 Å². The SMILES string of the molecule is CCCCCC(C=Cc1ccc(C(=O)O)cc1)c1ccc2c(c1)C(C)(C)CCS2. The highest BCUT2D eigenvalue weighted by Crippen LogP contribution is 2.43. The van der Waals surface area contributed by atoms with Crippen molar-refractivity contribution in [1.82, 2.24) is 0 Å². The number of carbonyl (C=O) groups is 1. The highest BCUT2D eigenvalue weighted by atomic mass is 32.2. The minimum Gasteiger partial charge on any atom is -0.478 e. The molecule has 154 valence electrons. The zero-order chi connectivity index (χ0) is 20.9. The van der Waals surface area contributed by atoms with E-state index in [0.717, 1.165) is 12.0 Å². The van der Waals surface area contributed by atoms with Gasteiger partial charge in [-0.25, -0.2) is 4.79 Å². The molecule has 2 aromatic carbocycles. The summed E-state index contributed by atoms with van der Waals surface area (Å²) < 4.78 is 0. The molecule has 1 unspecified atom stereocenters. The first-order chi connectivity index (χ1) is 13.9. The van der Waals surface area contributed by atoms with Crippen molar-refractivity contribution >= 4 is 23.8 Å². The van der Waals surface area contributed by atoms with Crippen LogP contribution in [0.3, 0.4) is 0 Å². The van der Waals surface area contributed by atoms with E-state index >= 15 is 0 Å². The molecule has 3 rings (SSSR count). The van der Waals surface area contributed by atoms with Gasteiger partial charge >= 0.3 is 5.97 Å². The molecule has 0 spiro atoms. The molecule has 0 amide bonds. The van der Waals surface area contributed by atoms with Crippen molar-refractivity contribution in [1.29, 1.82) is 0 Å². The largest absolute Gasteiger partial charge is 0.478 e. The Morgan fingerprint density at radius 2 is 1.93 bits per heavy atom. The van der Waals surface area contributed by atoms with Gasteiger partial charge < -0.3 is 5.11 Å². The van der Waals surface area contributed by atoms with E-state index in [-0.39, 0.29) is 5.41 Å².